The molecule has 0 fully saturated rings. The number of ether oxygens (including phenoxy) is 2. The lowest BCUT2D eigenvalue weighted by atomic mass is 10.2. The van der Waals surface area contributed by atoms with Crippen molar-refractivity contribution in [3.8, 4) is 0 Å². The Bertz CT molecular complexity index is 345. The molecular weight excluding hydrogens is 362 g/mol. The number of hydrogen-bond donors (Lipinski definition) is 1. The molecule has 0 spiro atoms. The molecule has 0 rings (SSSR count). The summed E-state index contributed by atoms with van der Waals surface area (Å²) in [6.45, 7) is 4.67. The van der Waals surface area contributed by atoms with E-state index in [0.29, 0.717) is 32.6 Å². The van der Waals surface area contributed by atoms with Crippen LogP contribution in [0, 0.1) is 0 Å². The van der Waals surface area contributed by atoms with Crippen LogP contribution in [0.5, 0.6) is 0 Å². The third-order valence-electron chi connectivity index (χ3n) is 3.29. The van der Waals surface area contributed by atoms with Gasteiger partial charge in [0.25, 0.3) is 0 Å². The lowest BCUT2D eigenvalue weighted by molar-refractivity contribution is -0.144. The quantitative estimate of drug-likeness (QED) is 0.229. The first-order valence-corrected chi connectivity index (χ1v) is 11.4. The number of rotatable bonds is 17. The summed E-state index contributed by atoms with van der Waals surface area (Å²) in [7, 11) is 5.23. The molecule has 1 N–H and O–H groups in total. The lowest BCUT2D eigenvalue weighted by Gasteiger charge is -2.15. The second-order valence-corrected chi connectivity index (χ2v) is 8.37. The first kappa shape index (κ1) is 24.6. The van der Waals surface area contributed by atoms with Crippen LogP contribution in [-0.2, 0) is 19.1 Å². The van der Waals surface area contributed by atoms with Crippen molar-refractivity contribution in [1.29, 1.82) is 0 Å². The van der Waals surface area contributed by atoms with E-state index < -0.39 is 0 Å². The fourth-order valence-electron chi connectivity index (χ4n) is 1.91. The molecule has 0 bridgehead atoms. The van der Waals surface area contributed by atoms with E-state index in [9.17, 15) is 9.59 Å². The highest BCUT2D eigenvalue weighted by molar-refractivity contribution is 8.76. The number of carbonyl (C=O) groups is 2. The second-order valence-electron chi connectivity index (χ2n) is 5.67. The molecule has 0 aromatic rings. The Labute approximate surface area is 159 Å². The van der Waals surface area contributed by atoms with Gasteiger partial charge in [-0.2, -0.15) is 0 Å². The van der Waals surface area contributed by atoms with Crippen LogP contribution in [-0.4, -0.2) is 73.4 Å². The molecule has 0 aliphatic carbocycles. The summed E-state index contributed by atoms with van der Waals surface area (Å²) in [4.78, 5) is 24.9. The van der Waals surface area contributed by atoms with Gasteiger partial charge in [-0.05, 0) is 39.3 Å². The molecule has 148 valence electrons. The van der Waals surface area contributed by atoms with Crippen LogP contribution in [0.25, 0.3) is 0 Å². The normalized spacial score (nSPS) is 10.9. The highest BCUT2D eigenvalue weighted by atomic mass is 33.1. The molecule has 25 heavy (non-hydrogen) atoms. The molecule has 0 unspecified atom stereocenters. The average Bonchev–Trinajstić information content (AvgIpc) is 2.59. The van der Waals surface area contributed by atoms with E-state index in [4.69, 9.17) is 14.6 Å². The standard InChI is InChI=1S/C17H33NO5S2/c1-3-7-16(20)22-12-14-24-25-15-13-23-17(21)8-10-18(2)9-5-4-6-11-19/h19H,3-15H2,1-2H3. The monoisotopic (exact) mass is 395 g/mol. The van der Waals surface area contributed by atoms with Crippen molar-refractivity contribution < 1.29 is 24.2 Å². The first-order valence-electron chi connectivity index (χ1n) is 8.95. The van der Waals surface area contributed by atoms with Gasteiger partial charge in [-0.1, -0.05) is 28.5 Å². The smallest absolute Gasteiger partial charge is 0.307 e. The van der Waals surface area contributed by atoms with E-state index in [1.54, 1.807) is 21.6 Å². The molecule has 8 heteroatoms. The zero-order valence-electron chi connectivity index (χ0n) is 15.5. The van der Waals surface area contributed by atoms with E-state index >= 15 is 0 Å². The highest BCUT2D eigenvalue weighted by Crippen LogP contribution is 2.20. The number of aliphatic hydroxyl groups is 1. The molecular formula is C17H33NO5S2. The van der Waals surface area contributed by atoms with Gasteiger partial charge in [0.05, 0.1) is 6.42 Å². The summed E-state index contributed by atoms with van der Waals surface area (Å²) in [6, 6.07) is 0. The van der Waals surface area contributed by atoms with Gasteiger partial charge in [-0.25, -0.2) is 0 Å². The maximum Gasteiger partial charge on any atom is 0.307 e. The highest BCUT2D eigenvalue weighted by Gasteiger charge is 2.06. The van der Waals surface area contributed by atoms with Gasteiger partial charge >= 0.3 is 11.9 Å². The molecule has 0 saturated carbocycles. The van der Waals surface area contributed by atoms with Gasteiger partial charge < -0.3 is 19.5 Å². The number of nitrogens with zero attached hydrogens (tertiary/aromatic N) is 1. The fourth-order valence-corrected chi connectivity index (χ4v) is 3.56. The van der Waals surface area contributed by atoms with E-state index in [1.165, 1.54) is 0 Å². The SMILES string of the molecule is CCCC(=O)OCCSSCCOC(=O)CCN(C)CCCCCO. The third-order valence-corrected chi connectivity index (χ3v) is 5.63. The zero-order chi connectivity index (χ0) is 18.8. The predicted octanol–water partition coefficient (Wildman–Crippen LogP) is 2.74. The molecule has 0 saturated heterocycles. The Balaban J connectivity index is 3.36. The Kier molecular flexibility index (Phi) is 18.0. The minimum absolute atomic E-state index is 0.139. The second kappa shape index (κ2) is 18.4. The predicted molar refractivity (Wildman–Crippen MR) is 105 cm³/mol. The van der Waals surface area contributed by atoms with Crippen molar-refractivity contribution in [2.75, 3.05) is 51.5 Å². The van der Waals surface area contributed by atoms with Gasteiger partial charge in [0.1, 0.15) is 13.2 Å². The topological polar surface area (TPSA) is 76.1 Å². The van der Waals surface area contributed by atoms with E-state index in [2.05, 4.69) is 4.90 Å². The van der Waals surface area contributed by atoms with Gasteiger partial charge in [0.15, 0.2) is 0 Å². The number of unbranched alkanes of at least 4 members (excludes halogenated alkanes) is 2. The van der Waals surface area contributed by atoms with Crippen LogP contribution >= 0.6 is 21.6 Å². The van der Waals surface area contributed by atoms with Gasteiger partial charge in [-0.3, -0.25) is 9.59 Å². The fraction of sp³-hybridized carbons (Fsp3) is 0.882. The van der Waals surface area contributed by atoms with Gasteiger partial charge in [0, 0.05) is 31.1 Å². The van der Waals surface area contributed by atoms with Crippen LogP contribution in [0.15, 0.2) is 0 Å². The van der Waals surface area contributed by atoms with Gasteiger partial charge in [-0.15, -0.1) is 0 Å². The first-order chi connectivity index (χ1) is 12.1. The number of esters is 2. The summed E-state index contributed by atoms with van der Waals surface area (Å²) in [6.07, 6.45) is 4.58. The van der Waals surface area contributed by atoms with Crippen LogP contribution < -0.4 is 0 Å². The molecule has 0 aromatic carbocycles. The number of hydrogen-bond acceptors (Lipinski definition) is 8. The van der Waals surface area contributed by atoms with Crippen molar-refractivity contribution >= 4 is 33.5 Å². The number of carbonyl (C=O) groups excluding carboxylic acids is 2. The Morgan fingerprint density at radius 3 is 2.08 bits per heavy atom. The summed E-state index contributed by atoms with van der Waals surface area (Å²) in [5.41, 5.74) is 0. The molecule has 0 atom stereocenters. The van der Waals surface area contributed by atoms with Crippen molar-refractivity contribution in [2.24, 2.45) is 0 Å². The summed E-state index contributed by atoms with van der Waals surface area (Å²) in [5, 5.41) is 8.71. The molecule has 0 aliphatic rings. The molecule has 0 heterocycles. The molecule has 0 aliphatic heterocycles. The largest absolute Gasteiger partial charge is 0.465 e. The Morgan fingerprint density at radius 1 is 0.920 bits per heavy atom. The van der Waals surface area contributed by atoms with Crippen LogP contribution in [0.2, 0.25) is 0 Å². The maximum absolute atomic E-state index is 11.6. The third kappa shape index (κ3) is 18.2. The summed E-state index contributed by atoms with van der Waals surface area (Å²) >= 11 is 0. The van der Waals surface area contributed by atoms with Crippen molar-refractivity contribution in [3.05, 3.63) is 0 Å². The van der Waals surface area contributed by atoms with Crippen LogP contribution in [0.1, 0.15) is 45.4 Å². The number of aliphatic hydroxyl groups excluding tert-OH is 1. The molecule has 0 amide bonds. The minimum Gasteiger partial charge on any atom is -0.465 e. The molecule has 0 aromatic heterocycles. The molecule has 6 nitrogen and oxygen atoms in total. The van der Waals surface area contributed by atoms with E-state index in [1.807, 2.05) is 14.0 Å². The maximum atomic E-state index is 11.6. The van der Waals surface area contributed by atoms with Crippen molar-refractivity contribution in [2.45, 2.75) is 45.4 Å². The molecule has 0 radical (unpaired) electrons. The summed E-state index contributed by atoms with van der Waals surface area (Å²) in [5.74, 6) is 1.17. The van der Waals surface area contributed by atoms with E-state index in [0.717, 1.165) is 43.7 Å². The minimum atomic E-state index is -0.165. The van der Waals surface area contributed by atoms with E-state index in [-0.39, 0.29) is 18.5 Å². The lowest BCUT2D eigenvalue weighted by Crippen LogP contribution is -2.24. The van der Waals surface area contributed by atoms with Crippen LogP contribution in [0.3, 0.4) is 0 Å². The van der Waals surface area contributed by atoms with Gasteiger partial charge in [0.2, 0.25) is 0 Å². The Hall–Kier alpha value is -0.440. The van der Waals surface area contributed by atoms with Crippen LogP contribution in [0.4, 0.5) is 0 Å². The van der Waals surface area contributed by atoms with Crippen molar-refractivity contribution in [3.63, 3.8) is 0 Å². The zero-order valence-corrected chi connectivity index (χ0v) is 17.2. The Morgan fingerprint density at radius 2 is 1.52 bits per heavy atom. The summed E-state index contributed by atoms with van der Waals surface area (Å²) < 4.78 is 10.2. The average molecular weight is 396 g/mol. The van der Waals surface area contributed by atoms with Crippen molar-refractivity contribution in [1.82, 2.24) is 4.90 Å².